The molecule has 54 heavy (non-hydrogen) atoms. The zero-order valence-corrected chi connectivity index (χ0v) is 33.9. The molecule has 5 heteroatoms. The van der Waals surface area contributed by atoms with E-state index < -0.39 is 0 Å². The molecule has 0 saturated carbocycles. The van der Waals surface area contributed by atoms with Gasteiger partial charge in [-0.3, -0.25) is 9.97 Å². The van der Waals surface area contributed by atoms with Crippen LogP contribution in [0.25, 0.3) is 66.9 Å². The maximum Gasteiger partial charge on any atom is 0.0970 e. The van der Waals surface area contributed by atoms with Crippen LogP contribution < -0.4 is 0 Å². The predicted molar refractivity (Wildman–Crippen MR) is 219 cm³/mol. The quantitative estimate of drug-likeness (QED) is 0.162. The van der Waals surface area contributed by atoms with Crippen LogP contribution in [0.3, 0.4) is 0 Å². The van der Waals surface area contributed by atoms with Crippen LogP contribution in [0.5, 0.6) is 0 Å². The van der Waals surface area contributed by atoms with Crippen molar-refractivity contribution in [1.82, 2.24) is 19.9 Å². The van der Waals surface area contributed by atoms with Gasteiger partial charge in [-0.1, -0.05) is 98.1 Å². The Kier molecular flexibility index (Phi) is 11.7. The summed E-state index contributed by atoms with van der Waals surface area (Å²) in [5.41, 5.74) is 17.4. The molecule has 0 aliphatic rings. The molecule has 8 rings (SSSR count). The number of pyridine rings is 2. The van der Waals surface area contributed by atoms with Gasteiger partial charge in [0.25, 0.3) is 0 Å². The minimum absolute atomic E-state index is 0. The first-order valence-corrected chi connectivity index (χ1v) is 17.9. The van der Waals surface area contributed by atoms with Gasteiger partial charge in [-0.25, -0.2) is 0 Å². The number of benzene rings is 5. The minimum atomic E-state index is 0. The van der Waals surface area contributed by atoms with E-state index in [1.54, 1.807) is 12.4 Å². The molecule has 5 aromatic carbocycles. The first kappa shape index (κ1) is 38.1. The van der Waals surface area contributed by atoms with E-state index in [2.05, 4.69) is 149 Å². The summed E-state index contributed by atoms with van der Waals surface area (Å²) in [5, 5.41) is 0. The monoisotopic (exact) mass is 879 g/mol. The molecule has 0 N–H and O–H groups in total. The molecule has 0 saturated heterocycles. The molecule has 0 aliphatic carbocycles. The van der Waals surface area contributed by atoms with E-state index in [0.29, 0.717) is 0 Å². The average molecular weight is 879 g/mol. The Morgan fingerprint density at radius 2 is 1.09 bits per heavy atom. The fraction of sp³-hybridized carbons (Fsp3) is 0.143. The molecule has 269 valence electrons. The summed E-state index contributed by atoms with van der Waals surface area (Å²) in [6, 6.07) is 48.7. The van der Waals surface area contributed by atoms with Crippen LogP contribution in [-0.2, 0) is 25.5 Å². The first-order chi connectivity index (χ1) is 25.6. The largest absolute Gasteiger partial charge is 0.305 e. The zero-order valence-electron chi connectivity index (χ0n) is 31.5. The van der Waals surface area contributed by atoms with Crippen molar-refractivity contribution in [2.24, 2.45) is 0 Å². The van der Waals surface area contributed by atoms with Gasteiger partial charge in [-0.05, 0) is 89.2 Å². The van der Waals surface area contributed by atoms with E-state index in [9.17, 15) is 0 Å². The van der Waals surface area contributed by atoms with Gasteiger partial charge in [0.1, 0.15) is 0 Å². The van der Waals surface area contributed by atoms with Gasteiger partial charge in [0.15, 0.2) is 0 Å². The number of hydrogen-bond acceptors (Lipinski definition) is 4. The second-order valence-corrected chi connectivity index (χ2v) is 14.5. The minimum Gasteiger partial charge on any atom is -0.305 e. The van der Waals surface area contributed by atoms with Crippen molar-refractivity contribution >= 4 is 11.0 Å². The molecular formula is C49H42IrN4-2. The van der Waals surface area contributed by atoms with Gasteiger partial charge in [0.2, 0.25) is 0 Å². The fourth-order valence-corrected chi connectivity index (χ4v) is 6.44. The molecule has 1 radical (unpaired) electrons. The van der Waals surface area contributed by atoms with Crippen molar-refractivity contribution in [2.75, 3.05) is 0 Å². The molecule has 4 nitrogen and oxygen atoms in total. The molecule has 0 aliphatic heterocycles. The molecule has 0 fully saturated rings. The Morgan fingerprint density at radius 3 is 1.76 bits per heavy atom. The molecular weight excluding hydrogens is 837 g/mol. The van der Waals surface area contributed by atoms with E-state index in [1.165, 1.54) is 33.4 Å². The summed E-state index contributed by atoms with van der Waals surface area (Å²) in [4.78, 5) is 18.6. The van der Waals surface area contributed by atoms with Gasteiger partial charge < -0.3 is 9.97 Å². The van der Waals surface area contributed by atoms with Crippen LogP contribution in [0.2, 0.25) is 0 Å². The Balaban J connectivity index is 0.000000300. The normalized spacial score (nSPS) is 11.0. The second-order valence-electron chi connectivity index (χ2n) is 14.5. The molecule has 0 atom stereocenters. The van der Waals surface area contributed by atoms with E-state index in [4.69, 9.17) is 9.97 Å². The predicted octanol–water partition coefficient (Wildman–Crippen LogP) is 12.3. The van der Waals surface area contributed by atoms with E-state index in [0.717, 1.165) is 55.8 Å². The van der Waals surface area contributed by atoms with Crippen LogP contribution in [0.4, 0.5) is 0 Å². The number of hydrogen-bond donors (Lipinski definition) is 0. The number of nitrogens with zero attached hydrogens (tertiary/aromatic N) is 4. The van der Waals surface area contributed by atoms with Crippen molar-refractivity contribution in [1.29, 1.82) is 0 Å². The Bertz CT molecular complexity index is 2520. The maximum atomic E-state index is 4.82. The van der Waals surface area contributed by atoms with Crippen molar-refractivity contribution in [2.45, 2.75) is 47.0 Å². The smallest absolute Gasteiger partial charge is 0.0970 e. The summed E-state index contributed by atoms with van der Waals surface area (Å²) >= 11 is 0. The standard InChI is InChI=1S/C37H32N3.C12H10N.Ir/c1-24-9-11-26(12-10-24)29-19-25(2)20-30(22-29)33-14-13-32(35-36(33)40-18-17-39-35)27-7-6-8-28(21-27)34-23-31(15-16-38-34)37(3,4)5;1-10-7-8-13-12(9-10)11-5-3-2-4-6-11;/h6-7,9-23H,1-5H3;2-5,7-9H,1H3;/q2*-1;. The van der Waals surface area contributed by atoms with Gasteiger partial charge in [0.05, 0.1) is 11.0 Å². The third kappa shape index (κ3) is 8.77. The molecule has 3 heterocycles. The molecule has 0 unspecified atom stereocenters. The van der Waals surface area contributed by atoms with Gasteiger partial charge in [0, 0.05) is 50.5 Å². The second kappa shape index (κ2) is 16.6. The van der Waals surface area contributed by atoms with Crippen molar-refractivity contribution in [3.8, 4) is 55.9 Å². The zero-order chi connectivity index (χ0) is 37.0. The summed E-state index contributed by atoms with van der Waals surface area (Å²) in [7, 11) is 0. The van der Waals surface area contributed by atoms with Crippen LogP contribution in [0, 0.1) is 32.9 Å². The van der Waals surface area contributed by atoms with E-state index in [-0.39, 0.29) is 25.5 Å². The molecule has 8 aromatic rings. The molecule has 0 amide bonds. The summed E-state index contributed by atoms with van der Waals surface area (Å²) in [6.45, 7) is 13.0. The topological polar surface area (TPSA) is 51.6 Å². The summed E-state index contributed by atoms with van der Waals surface area (Å²) in [5.74, 6) is 0. The van der Waals surface area contributed by atoms with E-state index >= 15 is 0 Å². The molecule has 0 spiro atoms. The van der Waals surface area contributed by atoms with Crippen LogP contribution >= 0.6 is 0 Å². The van der Waals surface area contributed by atoms with E-state index in [1.807, 2.05) is 48.8 Å². The number of aryl methyl sites for hydroxylation is 3. The Morgan fingerprint density at radius 1 is 0.444 bits per heavy atom. The number of aromatic nitrogens is 4. The third-order valence-electron chi connectivity index (χ3n) is 9.31. The van der Waals surface area contributed by atoms with Crippen LogP contribution in [0.1, 0.15) is 43.0 Å². The number of rotatable bonds is 5. The first-order valence-electron chi connectivity index (χ1n) is 17.9. The van der Waals surface area contributed by atoms with Crippen molar-refractivity contribution in [3.63, 3.8) is 0 Å². The van der Waals surface area contributed by atoms with Gasteiger partial charge >= 0.3 is 0 Å². The van der Waals surface area contributed by atoms with Gasteiger partial charge in [-0.15, -0.1) is 65.7 Å². The van der Waals surface area contributed by atoms with Crippen molar-refractivity contribution in [3.05, 3.63) is 181 Å². The van der Waals surface area contributed by atoms with Crippen LogP contribution in [-0.4, -0.2) is 19.9 Å². The number of fused-ring (bicyclic) bond motifs is 1. The maximum absolute atomic E-state index is 4.82. The molecule has 0 bridgehead atoms. The van der Waals surface area contributed by atoms with Crippen molar-refractivity contribution < 1.29 is 20.1 Å². The SMILES string of the molecule is Cc1ccc(-c2cc(C)cc(-c3ccc(-c4cc[c-]c(-c5cc(C(C)(C)C)ccn5)c4)c4nccnc34)c2)cc1.Cc1ccnc(-c2[c-]cccc2)c1.[Ir]. The Labute approximate surface area is 332 Å². The Hall–Kier alpha value is -5.61. The average Bonchev–Trinajstić information content (AvgIpc) is 3.18. The fourth-order valence-electron chi connectivity index (χ4n) is 6.44. The summed E-state index contributed by atoms with van der Waals surface area (Å²) < 4.78 is 0. The summed E-state index contributed by atoms with van der Waals surface area (Å²) in [6.07, 6.45) is 7.26. The van der Waals surface area contributed by atoms with Gasteiger partial charge in [-0.2, -0.15) is 0 Å². The third-order valence-corrected chi connectivity index (χ3v) is 9.31. The van der Waals surface area contributed by atoms with Crippen LogP contribution in [0.15, 0.2) is 146 Å². The molecule has 3 aromatic heterocycles.